The molecule has 0 radical (unpaired) electrons. The fourth-order valence-corrected chi connectivity index (χ4v) is 2.43. The van der Waals surface area contributed by atoms with Gasteiger partial charge in [-0.15, -0.1) is 0 Å². The van der Waals surface area contributed by atoms with Crippen molar-refractivity contribution in [1.82, 2.24) is 0 Å². The second-order valence-electron chi connectivity index (χ2n) is 5.59. The van der Waals surface area contributed by atoms with Crippen molar-refractivity contribution in [2.75, 3.05) is 0 Å². The molecule has 0 heterocycles. The maximum Gasteiger partial charge on any atom is 0.336 e. The van der Waals surface area contributed by atoms with Crippen molar-refractivity contribution in [3.8, 4) is 0 Å². The summed E-state index contributed by atoms with van der Waals surface area (Å²) in [5.41, 5.74) is 7.11. The molecule has 0 saturated carbocycles. The Morgan fingerprint density at radius 1 is 0.923 bits per heavy atom. The summed E-state index contributed by atoms with van der Waals surface area (Å²) in [6, 6.07) is 12.6. The van der Waals surface area contributed by atoms with Crippen LogP contribution >= 0.6 is 0 Å². The normalized spacial score (nSPS) is 15.7. The van der Waals surface area contributed by atoms with Gasteiger partial charge in [0.15, 0.2) is 12.2 Å². The molecule has 0 amide bonds. The number of carbonyl (C=O) groups is 2. The molecule has 26 heavy (non-hydrogen) atoms. The number of hydrogen-bond donors (Lipinski definition) is 4. The van der Waals surface area contributed by atoms with Crippen molar-refractivity contribution in [2.45, 2.75) is 24.4 Å². The topological polar surface area (TPSA) is 130 Å². The number of aliphatic hydroxyl groups excluding tert-OH is 1. The van der Waals surface area contributed by atoms with Gasteiger partial charge in [0.25, 0.3) is 0 Å². The van der Waals surface area contributed by atoms with Crippen LogP contribution in [0.3, 0.4) is 0 Å². The molecule has 0 bridgehead atoms. The molecule has 5 N–H and O–H groups in total. The molecular formula is C18H18FNO6. The van der Waals surface area contributed by atoms with E-state index in [9.17, 15) is 24.2 Å². The zero-order valence-corrected chi connectivity index (χ0v) is 13.5. The van der Waals surface area contributed by atoms with Crippen LogP contribution in [0, 0.1) is 5.82 Å². The van der Waals surface area contributed by atoms with E-state index < -0.39 is 42.1 Å². The van der Waals surface area contributed by atoms with Crippen LogP contribution < -0.4 is 5.73 Å². The highest BCUT2D eigenvalue weighted by atomic mass is 19.1. The Morgan fingerprint density at radius 2 is 1.50 bits per heavy atom. The number of halogens is 1. The smallest absolute Gasteiger partial charge is 0.336 e. The number of benzene rings is 2. The van der Waals surface area contributed by atoms with E-state index in [4.69, 9.17) is 15.6 Å². The summed E-state index contributed by atoms with van der Waals surface area (Å²) >= 11 is 0. The molecule has 2 rings (SSSR count). The molecule has 0 spiro atoms. The van der Waals surface area contributed by atoms with E-state index in [1.165, 1.54) is 24.3 Å². The minimum Gasteiger partial charge on any atom is -0.479 e. The number of rotatable bonds is 8. The van der Waals surface area contributed by atoms with E-state index in [-0.39, 0.29) is 0 Å². The molecule has 4 unspecified atom stereocenters. The minimum atomic E-state index is -2.28. The van der Waals surface area contributed by atoms with Gasteiger partial charge in [0.1, 0.15) is 11.9 Å². The summed E-state index contributed by atoms with van der Waals surface area (Å²) in [6.07, 6.45) is -5.40. The van der Waals surface area contributed by atoms with Gasteiger partial charge in [-0.3, -0.25) is 0 Å². The Kier molecular flexibility index (Phi) is 6.40. The quantitative estimate of drug-likeness (QED) is 0.559. The predicted octanol–water partition coefficient (Wildman–Crippen LogP) is 1.48. The van der Waals surface area contributed by atoms with Gasteiger partial charge >= 0.3 is 11.9 Å². The third kappa shape index (κ3) is 4.63. The van der Waals surface area contributed by atoms with Crippen molar-refractivity contribution in [2.24, 2.45) is 5.73 Å². The van der Waals surface area contributed by atoms with Crippen LogP contribution in [0.5, 0.6) is 0 Å². The fraction of sp³-hybridized carbons (Fsp3) is 0.222. The van der Waals surface area contributed by atoms with Gasteiger partial charge < -0.3 is 25.8 Å². The molecule has 0 aliphatic carbocycles. The minimum absolute atomic E-state index is 0.453. The van der Waals surface area contributed by atoms with Crippen LogP contribution in [0.15, 0.2) is 54.6 Å². The summed E-state index contributed by atoms with van der Waals surface area (Å²) in [5, 5.41) is 27.8. The Morgan fingerprint density at radius 3 is 2.00 bits per heavy atom. The number of carboxylic acid groups (broad SMARTS) is 2. The Bertz CT molecular complexity index is 752. The highest BCUT2D eigenvalue weighted by Crippen LogP contribution is 2.32. The average Bonchev–Trinajstić information content (AvgIpc) is 2.62. The highest BCUT2D eigenvalue weighted by molar-refractivity contribution is 5.83. The number of ether oxygens (including phenoxy) is 1. The second-order valence-corrected chi connectivity index (χ2v) is 5.59. The highest BCUT2D eigenvalue weighted by Gasteiger charge is 2.37. The first kappa shape index (κ1) is 19.5. The number of hydrogen-bond acceptors (Lipinski definition) is 5. The third-order valence-electron chi connectivity index (χ3n) is 3.79. The molecule has 4 atom stereocenters. The number of aliphatic carboxylic acids is 2. The zero-order valence-electron chi connectivity index (χ0n) is 13.5. The maximum atomic E-state index is 13.1. The van der Waals surface area contributed by atoms with Crippen molar-refractivity contribution in [3.05, 3.63) is 71.5 Å². The van der Waals surface area contributed by atoms with E-state index >= 15 is 0 Å². The lowest BCUT2D eigenvalue weighted by atomic mass is 9.96. The van der Waals surface area contributed by atoms with Gasteiger partial charge in [0, 0.05) is 0 Å². The molecular weight excluding hydrogens is 345 g/mol. The Hall–Kier alpha value is -2.81. The predicted molar refractivity (Wildman–Crippen MR) is 88.7 cm³/mol. The number of carboxylic acids is 2. The lowest BCUT2D eigenvalue weighted by Crippen LogP contribution is -2.43. The summed E-state index contributed by atoms with van der Waals surface area (Å²) in [6.45, 7) is 0. The van der Waals surface area contributed by atoms with Gasteiger partial charge in [-0.2, -0.15) is 0 Å². The van der Waals surface area contributed by atoms with Gasteiger partial charge in [-0.25, -0.2) is 14.0 Å². The van der Waals surface area contributed by atoms with Gasteiger partial charge in [0.05, 0.1) is 6.04 Å². The van der Waals surface area contributed by atoms with Crippen LogP contribution in [-0.2, 0) is 14.3 Å². The van der Waals surface area contributed by atoms with E-state index in [1.54, 1.807) is 30.3 Å². The molecule has 0 aliphatic rings. The first-order valence-corrected chi connectivity index (χ1v) is 7.66. The van der Waals surface area contributed by atoms with Gasteiger partial charge in [-0.05, 0) is 23.3 Å². The monoisotopic (exact) mass is 363 g/mol. The van der Waals surface area contributed by atoms with Gasteiger partial charge in [0.2, 0.25) is 0 Å². The summed E-state index contributed by atoms with van der Waals surface area (Å²) in [5.74, 6) is -3.85. The number of nitrogens with two attached hydrogens (primary N) is 1. The van der Waals surface area contributed by atoms with Crippen LogP contribution in [0.25, 0.3) is 0 Å². The molecule has 2 aromatic rings. The first-order valence-electron chi connectivity index (χ1n) is 7.66. The molecule has 0 saturated heterocycles. The standard InChI is InChI=1S/C18H18FNO6/c19-12-8-6-10(7-9-12)13(20)15(11-4-2-1-3-5-11)26-16(18(24)25)14(21)17(22)23/h1-9,13-16,21H,20H2,(H,22,23)(H,24,25). The Balaban J connectivity index is 2.39. The fourth-order valence-electron chi connectivity index (χ4n) is 2.43. The molecule has 2 aromatic carbocycles. The van der Waals surface area contributed by atoms with E-state index in [2.05, 4.69) is 0 Å². The van der Waals surface area contributed by atoms with E-state index in [0.717, 1.165) is 0 Å². The van der Waals surface area contributed by atoms with Gasteiger partial charge in [-0.1, -0.05) is 42.5 Å². The first-order chi connectivity index (χ1) is 12.3. The molecule has 8 heteroatoms. The lowest BCUT2D eigenvalue weighted by Gasteiger charge is -2.29. The average molecular weight is 363 g/mol. The molecule has 0 fully saturated rings. The molecule has 0 aromatic heterocycles. The van der Waals surface area contributed by atoms with Crippen molar-refractivity contribution >= 4 is 11.9 Å². The van der Waals surface area contributed by atoms with Crippen molar-refractivity contribution in [1.29, 1.82) is 0 Å². The van der Waals surface area contributed by atoms with E-state index in [0.29, 0.717) is 11.1 Å². The van der Waals surface area contributed by atoms with Crippen LogP contribution in [0.4, 0.5) is 4.39 Å². The summed E-state index contributed by atoms with van der Waals surface area (Å²) < 4.78 is 18.6. The molecule has 138 valence electrons. The second kappa shape index (κ2) is 8.52. The van der Waals surface area contributed by atoms with Crippen LogP contribution in [-0.4, -0.2) is 39.5 Å². The molecule has 0 aliphatic heterocycles. The van der Waals surface area contributed by atoms with Crippen LogP contribution in [0.1, 0.15) is 23.3 Å². The maximum absolute atomic E-state index is 13.1. The van der Waals surface area contributed by atoms with Crippen molar-refractivity contribution < 1.29 is 34.0 Å². The largest absolute Gasteiger partial charge is 0.479 e. The SMILES string of the molecule is NC(c1ccc(F)cc1)C(OC(C(=O)O)C(O)C(=O)O)c1ccccc1. The summed E-state index contributed by atoms with van der Waals surface area (Å²) in [4.78, 5) is 22.4. The third-order valence-corrected chi connectivity index (χ3v) is 3.79. The lowest BCUT2D eigenvalue weighted by molar-refractivity contribution is -0.177. The molecule has 7 nitrogen and oxygen atoms in total. The van der Waals surface area contributed by atoms with Crippen LogP contribution in [0.2, 0.25) is 0 Å². The van der Waals surface area contributed by atoms with Crippen molar-refractivity contribution in [3.63, 3.8) is 0 Å². The van der Waals surface area contributed by atoms with E-state index in [1.807, 2.05) is 0 Å². The Labute approximate surface area is 148 Å². The zero-order chi connectivity index (χ0) is 19.3. The summed E-state index contributed by atoms with van der Waals surface area (Å²) in [7, 11) is 0. The number of aliphatic hydroxyl groups is 1.